The fourth-order valence-corrected chi connectivity index (χ4v) is 3.34. The molecule has 0 aliphatic rings. The van der Waals surface area contributed by atoms with Gasteiger partial charge in [-0.1, -0.05) is 11.8 Å². The Morgan fingerprint density at radius 1 is 1.53 bits per heavy atom. The Hall–Kier alpha value is -1.67. The van der Waals surface area contributed by atoms with Gasteiger partial charge in [-0.25, -0.2) is 4.98 Å². The molecule has 2 rings (SSSR count). The number of nitro benzene ring substituents is 1. The van der Waals surface area contributed by atoms with Crippen LogP contribution in [-0.2, 0) is 0 Å². The summed E-state index contributed by atoms with van der Waals surface area (Å²) in [6.07, 6.45) is 0. The molecular formula is C11H9FN2O3S2. The quantitative estimate of drug-likeness (QED) is 0.637. The van der Waals surface area contributed by atoms with Gasteiger partial charge in [0.15, 0.2) is 4.34 Å². The van der Waals surface area contributed by atoms with Gasteiger partial charge in [0.25, 0.3) is 0 Å². The fraction of sp³-hybridized carbons (Fsp3) is 0.182. The van der Waals surface area contributed by atoms with Crippen LogP contribution in [-0.4, -0.2) is 17.0 Å². The van der Waals surface area contributed by atoms with Crippen molar-refractivity contribution in [2.45, 2.75) is 16.2 Å². The van der Waals surface area contributed by atoms with E-state index in [1.807, 2.05) is 12.3 Å². The van der Waals surface area contributed by atoms with Gasteiger partial charge >= 0.3 is 5.69 Å². The van der Waals surface area contributed by atoms with Crippen molar-refractivity contribution in [3.8, 4) is 5.75 Å². The third-order valence-corrected chi connectivity index (χ3v) is 4.30. The first-order valence-corrected chi connectivity index (χ1v) is 6.82. The first-order valence-electron chi connectivity index (χ1n) is 5.13. The number of thiazole rings is 1. The lowest BCUT2D eigenvalue weighted by Gasteiger charge is -2.05. The van der Waals surface area contributed by atoms with E-state index in [1.54, 1.807) is 0 Å². The number of nitro groups is 1. The summed E-state index contributed by atoms with van der Waals surface area (Å²) in [6, 6.07) is 2.43. The Balaban J connectivity index is 2.47. The van der Waals surface area contributed by atoms with Gasteiger partial charge in [0.1, 0.15) is 5.75 Å². The predicted molar refractivity (Wildman–Crippen MR) is 70.6 cm³/mol. The average molecular weight is 300 g/mol. The Kier molecular flexibility index (Phi) is 4.01. The summed E-state index contributed by atoms with van der Waals surface area (Å²) in [7, 11) is 1.38. The molecule has 100 valence electrons. The number of methoxy groups -OCH3 is 1. The summed E-state index contributed by atoms with van der Waals surface area (Å²) >= 11 is 2.40. The first kappa shape index (κ1) is 13.8. The maximum atomic E-state index is 13.7. The van der Waals surface area contributed by atoms with Gasteiger partial charge in [-0.3, -0.25) is 10.1 Å². The van der Waals surface area contributed by atoms with Gasteiger partial charge in [-0.15, -0.1) is 11.3 Å². The second-order valence-corrected chi connectivity index (χ2v) is 5.72. The zero-order chi connectivity index (χ0) is 14.0. The number of benzene rings is 1. The van der Waals surface area contributed by atoms with E-state index in [4.69, 9.17) is 4.74 Å². The molecule has 0 bridgehead atoms. The minimum Gasteiger partial charge on any atom is -0.497 e. The smallest absolute Gasteiger partial charge is 0.318 e. The summed E-state index contributed by atoms with van der Waals surface area (Å²) in [5.41, 5.74) is 0.261. The zero-order valence-electron chi connectivity index (χ0n) is 10.0. The molecule has 0 fully saturated rings. The summed E-state index contributed by atoms with van der Waals surface area (Å²) in [6.45, 7) is 1.82. The molecule has 0 atom stereocenters. The van der Waals surface area contributed by atoms with Crippen molar-refractivity contribution in [3.63, 3.8) is 0 Å². The van der Waals surface area contributed by atoms with Crippen molar-refractivity contribution in [2.24, 2.45) is 0 Å². The highest BCUT2D eigenvalue weighted by Gasteiger charge is 2.23. The number of rotatable bonds is 4. The Bertz CT molecular complexity index is 630. The number of aromatic nitrogens is 1. The molecule has 0 amide bonds. The topological polar surface area (TPSA) is 65.3 Å². The van der Waals surface area contributed by atoms with Crippen molar-refractivity contribution in [1.82, 2.24) is 4.98 Å². The molecule has 5 nitrogen and oxygen atoms in total. The third kappa shape index (κ3) is 3.02. The van der Waals surface area contributed by atoms with Crippen LogP contribution in [0.25, 0.3) is 0 Å². The zero-order valence-corrected chi connectivity index (χ0v) is 11.7. The first-order chi connectivity index (χ1) is 9.01. The van der Waals surface area contributed by atoms with Gasteiger partial charge in [0, 0.05) is 23.2 Å². The normalized spacial score (nSPS) is 10.5. The largest absolute Gasteiger partial charge is 0.497 e. The molecule has 1 heterocycles. The van der Waals surface area contributed by atoms with E-state index in [-0.39, 0.29) is 10.6 Å². The summed E-state index contributed by atoms with van der Waals surface area (Å²) in [5.74, 6) is -0.681. The van der Waals surface area contributed by atoms with Crippen molar-refractivity contribution in [2.75, 3.05) is 7.11 Å². The monoisotopic (exact) mass is 300 g/mol. The molecule has 1 aromatic heterocycles. The number of ether oxygens (including phenoxy) is 1. The number of hydrogen-bond donors (Lipinski definition) is 0. The number of hydrogen-bond acceptors (Lipinski definition) is 6. The van der Waals surface area contributed by atoms with Crippen molar-refractivity contribution >= 4 is 28.8 Å². The molecule has 0 saturated heterocycles. The number of halogens is 1. The standard InChI is InChI=1S/C11H9FN2O3S2/c1-6-5-18-11(13-6)19-9-4-7(17-2)3-8(12)10(9)14(15)16/h3-5H,1-2H3. The Morgan fingerprint density at radius 3 is 2.79 bits per heavy atom. The van der Waals surface area contributed by atoms with E-state index in [2.05, 4.69) is 4.98 Å². The van der Waals surface area contributed by atoms with Gasteiger partial charge in [-0.2, -0.15) is 4.39 Å². The van der Waals surface area contributed by atoms with Gasteiger partial charge in [-0.05, 0) is 6.92 Å². The molecule has 2 aromatic rings. The minimum atomic E-state index is -0.917. The third-order valence-electron chi connectivity index (χ3n) is 2.22. The second-order valence-electron chi connectivity index (χ2n) is 3.57. The summed E-state index contributed by atoms with van der Waals surface area (Å²) in [5, 5.41) is 12.8. The van der Waals surface area contributed by atoms with Gasteiger partial charge in [0.2, 0.25) is 5.82 Å². The molecule has 1 aromatic carbocycles. The maximum absolute atomic E-state index is 13.7. The molecule has 0 radical (unpaired) electrons. The minimum absolute atomic E-state index is 0.177. The van der Waals surface area contributed by atoms with E-state index >= 15 is 0 Å². The maximum Gasteiger partial charge on any atom is 0.318 e. The average Bonchev–Trinajstić information content (AvgIpc) is 2.73. The molecule has 8 heteroatoms. The Labute approximate surface area is 116 Å². The summed E-state index contributed by atoms with van der Waals surface area (Å²) in [4.78, 5) is 14.6. The van der Waals surface area contributed by atoms with E-state index in [0.29, 0.717) is 4.34 Å². The molecular weight excluding hydrogens is 291 g/mol. The SMILES string of the molecule is COc1cc(F)c([N+](=O)[O-])c(Sc2nc(C)cs2)c1. The van der Waals surface area contributed by atoms with E-state index in [9.17, 15) is 14.5 Å². The van der Waals surface area contributed by atoms with E-state index in [0.717, 1.165) is 23.5 Å². The molecule has 0 spiro atoms. The highest BCUT2D eigenvalue weighted by Crippen LogP contribution is 2.40. The van der Waals surface area contributed by atoms with Gasteiger partial charge < -0.3 is 4.74 Å². The lowest BCUT2D eigenvalue weighted by molar-refractivity contribution is -0.390. The molecule has 0 aliphatic heterocycles. The van der Waals surface area contributed by atoms with Crippen LogP contribution in [0.1, 0.15) is 5.69 Å². The van der Waals surface area contributed by atoms with Crippen molar-refractivity contribution in [3.05, 3.63) is 39.1 Å². The van der Waals surface area contributed by atoms with E-state index in [1.165, 1.54) is 24.5 Å². The lowest BCUT2D eigenvalue weighted by Crippen LogP contribution is -1.96. The Morgan fingerprint density at radius 2 is 2.26 bits per heavy atom. The van der Waals surface area contributed by atoms with Crippen LogP contribution in [0.4, 0.5) is 10.1 Å². The van der Waals surface area contributed by atoms with Crippen LogP contribution in [0, 0.1) is 22.9 Å². The van der Waals surface area contributed by atoms with Crippen molar-refractivity contribution < 1.29 is 14.1 Å². The molecule has 19 heavy (non-hydrogen) atoms. The van der Waals surface area contributed by atoms with E-state index < -0.39 is 16.4 Å². The van der Waals surface area contributed by atoms with Crippen LogP contribution in [0.5, 0.6) is 5.75 Å². The van der Waals surface area contributed by atoms with Crippen LogP contribution >= 0.6 is 23.1 Å². The van der Waals surface area contributed by atoms with Crippen LogP contribution < -0.4 is 4.74 Å². The fourth-order valence-electron chi connectivity index (χ4n) is 1.40. The van der Waals surface area contributed by atoms with Crippen LogP contribution in [0.2, 0.25) is 0 Å². The molecule has 0 unspecified atom stereocenters. The van der Waals surface area contributed by atoms with Gasteiger partial charge in [0.05, 0.1) is 16.9 Å². The molecule has 0 saturated carbocycles. The second kappa shape index (κ2) is 5.54. The van der Waals surface area contributed by atoms with Crippen LogP contribution in [0.15, 0.2) is 26.7 Å². The molecule has 0 aliphatic carbocycles. The van der Waals surface area contributed by atoms with Crippen molar-refractivity contribution in [1.29, 1.82) is 0 Å². The molecule has 0 N–H and O–H groups in total. The summed E-state index contributed by atoms with van der Waals surface area (Å²) < 4.78 is 19.2. The highest BCUT2D eigenvalue weighted by molar-refractivity contribution is 8.01. The van der Waals surface area contributed by atoms with Crippen LogP contribution in [0.3, 0.4) is 0 Å². The number of nitrogens with zero attached hydrogens (tertiary/aromatic N) is 2. The predicted octanol–water partition coefficient (Wildman–Crippen LogP) is 3.66. The highest BCUT2D eigenvalue weighted by atomic mass is 32.2. The lowest BCUT2D eigenvalue weighted by atomic mass is 10.3. The number of aryl methyl sites for hydroxylation is 1.